The van der Waals surface area contributed by atoms with Crippen molar-refractivity contribution in [1.29, 1.82) is 0 Å². The smallest absolute Gasteiger partial charge is 0.191 e. The molecule has 0 aliphatic carbocycles. The topological polar surface area (TPSA) is 58.1 Å². The molecule has 29 heavy (non-hydrogen) atoms. The number of hydrogen-bond donors (Lipinski definition) is 2. The lowest BCUT2D eigenvalue weighted by molar-refractivity contribution is 0.0258. The van der Waals surface area contributed by atoms with Gasteiger partial charge in [-0.3, -0.25) is 0 Å². The summed E-state index contributed by atoms with van der Waals surface area (Å²) in [6.07, 6.45) is 1.15. The number of aliphatic imine (C=N–C) groups is 1. The first-order chi connectivity index (χ1) is 14.0. The van der Waals surface area contributed by atoms with Crippen LogP contribution < -0.4 is 15.5 Å². The third-order valence-corrected chi connectivity index (χ3v) is 4.97. The zero-order valence-electron chi connectivity index (χ0n) is 18.3. The normalized spacial score (nSPS) is 16.2. The number of rotatable bonds is 10. The standard InChI is InChI=1S/C22H37FN4O2/c1-5-24-22(25-10-9-21(17(3)4)29-6-2)26-16-18-7-8-20(19(23)15-18)27-11-13-28-14-12-27/h7-8,15,17,21H,5-6,9-14,16H2,1-4H3,(H2,24,25,26). The van der Waals surface area contributed by atoms with Crippen LogP contribution in [0.25, 0.3) is 0 Å². The number of benzene rings is 1. The summed E-state index contributed by atoms with van der Waals surface area (Å²) in [5, 5.41) is 6.60. The maximum Gasteiger partial charge on any atom is 0.191 e. The molecule has 2 N–H and O–H groups in total. The van der Waals surface area contributed by atoms with Crippen LogP contribution in [-0.4, -0.2) is 58.1 Å². The van der Waals surface area contributed by atoms with E-state index in [1.165, 1.54) is 0 Å². The van der Waals surface area contributed by atoms with Crippen LogP contribution in [0.5, 0.6) is 0 Å². The second-order valence-corrected chi connectivity index (χ2v) is 7.53. The van der Waals surface area contributed by atoms with E-state index in [2.05, 4.69) is 29.5 Å². The Balaban J connectivity index is 1.92. The van der Waals surface area contributed by atoms with Crippen LogP contribution in [0.4, 0.5) is 10.1 Å². The fraction of sp³-hybridized carbons (Fsp3) is 0.682. The summed E-state index contributed by atoms with van der Waals surface area (Å²) in [4.78, 5) is 6.64. The highest BCUT2D eigenvalue weighted by Gasteiger charge is 2.15. The molecule has 1 unspecified atom stereocenters. The van der Waals surface area contributed by atoms with Crippen molar-refractivity contribution in [3.05, 3.63) is 29.6 Å². The molecule has 1 fully saturated rings. The highest BCUT2D eigenvalue weighted by atomic mass is 19.1. The molecule has 1 atom stereocenters. The van der Waals surface area contributed by atoms with Gasteiger partial charge in [0.25, 0.3) is 0 Å². The van der Waals surface area contributed by atoms with E-state index >= 15 is 0 Å². The highest BCUT2D eigenvalue weighted by Crippen LogP contribution is 2.22. The SMILES string of the molecule is CCNC(=NCc1ccc(N2CCOCC2)c(F)c1)NCCC(OCC)C(C)C. The summed E-state index contributed by atoms with van der Waals surface area (Å²) in [5.74, 6) is 1.02. The van der Waals surface area contributed by atoms with Gasteiger partial charge >= 0.3 is 0 Å². The van der Waals surface area contributed by atoms with Gasteiger partial charge < -0.3 is 25.0 Å². The Labute approximate surface area is 174 Å². The number of halogens is 1. The summed E-state index contributed by atoms with van der Waals surface area (Å²) < 4.78 is 25.7. The summed E-state index contributed by atoms with van der Waals surface area (Å²) in [6.45, 7) is 13.8. The van der Waals surface area contributed by atoms with Crippen molar-refractivity contribution in [3.8, 4) is 0 Å². The second-order valence-electron chi connectivity index (χ2n) is 7.53. The van der Waals surface area contributed by atoms with Gasteiger partial charge in [-0.15, -0.1) is 0 Å². The van der Waals surface area contributed by atoms with Crippen molar-refractivity contribution >= 4 is 11.6 Å². The summed E-state index contributed by atoms with van der Waals surface area (Å²) in [5.41, 5.74) is 1.49. The first-order valence-corrected chi connectivity index (χ1v) is 10.8. The summed E-state index contributed by atoms with van der Waals surface area (Å²) in [7, 11) is 0. The van der Waals surface area contributed by atoms with E-state index in [1.54, 1.807) is 6.07 Å². The van der Waals surface area contributed by atoms with Gasteiger partial charge in [0.1, 0.15) is 5.82 Å². The van der Waals surface area contributed by atoms with E-state index in [0.29, 0.717) is 31.4 Å². The average Bonchev–Trinajstić information content (AvgIpc) is 2.72. The molecule has 0 bridgehead atoms. The van der Waals surface area contributed by atoms with Gasteiger partial charge in [0.05, 0.1) is 31.5 Å². The Hall–Kier alpha value is -1.86. The van der Waals surface area contributed by atoms with Gasteiger partial charge in [-0.25, -0.2) is 9.38 Å². The van der Waals surface area contributed by atoms with Crippen molar-refractivity contribution < 1.29 is 13.9 Å². The van der Waals surface area contributed by atoms with Crippen molar-refractivity contribution in [2.45, 2.75) is 46.8 Å². The minimum Gasteiger partial charge on any atom is -0.378 e. The molecule has 0 spiro atoms. The minimum absolute atomic E-state index is 0.200. The van der Waals surface area contributed by atoms with Gasteiger partial charge in [-0.05, 0) is 43.9 Å². The van der Waals surface area contributed by atoms with E-state index in [-0.39, 0.29) is 11.9 Å². The fourth-order valence-electron chi connectivity index (χ4n) is 3.38. The number of guanidine groups is 1. The molecular weight excluding hydrogens is 371 g/mol. The predicted molar refractivity (Wildman–Crippen MR) is 117 cm³/mol. The molecule has 1 saturated heterocycles. The number of nitrogens with zero attached hydrogens (tertiary/aromatic N) is 2. The Bertz CT molecular complexity index is 633. The van der Waals surface area contributed by atoms with Gasteiger partial charge in [0, 0.05) is 32.8 Å². The van der Waals surface area contributed by atoms with Crippen LogP contribution in [-0.2, 0) is 16.0 Å². The number of morpholine rings is 1. The Morgan fingerprint density at radius 1 is 1.24 bits per heavy atom. The lowest BCUT2D eigenvalue weighted by Crippen LogP contribution is -2.39. The molecule has 1 aliphatic rings. The van der Waals surface area contributed by atoms with Gasteiger partial charge in [-0.1, -0.05) is 19.9 Å². The third-order valence-electron chi connectivity index (χ3n) is 4.97. The maximum absolute atomic E-state index is 14.6. The molecule has 0 amide bonds. The second kappa shape index (κ2) is 12.6. The molecule has 164 valence electrons. The van der Waals surface area contributed by atoms with Crippen molar-refractivity contribution in [1.82, 2.24) is 10.6 Å². The number of hydrogen-bond acceptors (Lipinski definition) is 4. The Kier molecular flexibility index (Phi) is 10.2. The van der Waals surface area contributed by atoms with E-state index in [1.807, 2.05) is 30.9 Å². The van der Waals surface area contributed by atoms with Crippen LogP contribution in [0.2, 0.25) is 0 Å². The first kappa shape index (κ1) is 23.4. The number of ether oxygens (including phenoxy) is 2. The van der Waals surface area contributed by atoms with Gasteiger partial charge in [-0.2, -0.15) is 0 Å². The van der Waals surface area contributed by atoms with E-state index in [9.17, 15) is 4.39 Å². The van der Waals surface area contributed by atoms with Crippen LogP contribution in [0.1, 0.15) is 39.7 Å². The zero-order chi connectivity index (χ0) is 21.1. The Morgan fingerprint density at radius 3 is 2.62 bits per heavy atom. The van der Waals surface area contributed by atoms with Crippen molar-refractivity contribution in [2.75, 3.05) is 50.9 Å². The third kappa shape index (κ3) is 7.82. The largest absolute Gasteiger partial charge is 0.378 e. The molecule has 1 heterocycles. The highest BCUT2D eigenvalue weighted by molar-refractivity contribution is 5.79. The van der Waals surface area contributed by atoms with E-state index < -0.39 is 0 Å². The molecule has 0 aromatic heterocycles. The van der Waals surface area contributed by atoms with Gasteiger partial charge in [0.2, 0.25) is 0 Å². The number of nitrogens with one attached hydrogen (secondary N) is 2. The van der Waals surface area contributed by atoms with Crippen LogP contribution in [0.3, 0.4) is 0 Å². The van der Waals surface area contributed by atoms with Crippen LogP contribution in [0, 0.1) is 11.7 Å². The minimum atomic E-state index is -0.200. The Morgan fingerprint density at radius 2 is 2.00 bits per heavy atom. The van der Waals surface area contributed by atoms with Gasteiger partial charge in [0.15, 0.2) is 5.96 Å². The van der Waals surface area contributed by atoms with Crippen molar-refractivity contribution in [2.24, 2.45) is 10.9 Å². The quantitative estimate of drug-likeness (QED) is 0.460. The monoisotopic (exact) mass is 408 g/mol. The maximum atomic E-state index is 14.6. The molecule has 1 aromatic carbocycles. The lowest BCUT2D eigenvalue weighted by Gasteiger charge is -2.29. The molecule has 7 heteroatoms. The molecule has 0 radical (unpaired) electrons. The molecule has 0 saturated carbocycles. The molecule has 2 rings (SSSR count). The molecule has 1 aromatic rings. The van der Waals surface area contributed by atoms with Crippen LogP contribution >= 0.6 is 0 Å². The number of anilines is 1. The van der Waals surface area contributed by atoms with E-state index in [4.69, 9.17) is 9.47 Å². The van der Waals surface area contributed by atoms with Crippen molar-refractivity contribution in [3.63, 3.8) is 0 Å². The summed E-state index contributed by atoms with van der Waals surface area (Å²) >= 11 is 0. The lowest BCUT2D eigenvalue weighted by atomic mass is 10.0. The average molecular weight is 409 g/mol. The molecule has 1 aliphatic heterocycles. The molecular formula is C22H37FN4O2. The van der Waals surface area contributed by atoms with Crippen LogP contribution in [0.15, 0.2) is 23.2 Å². The van der Waals surface area contributed by atoms with E-state index in [0.717, 1.165) is 50.7 Å². The fourth-order valence-corrected chi connectivity index (χ4v) is 3.38. The molecule has 6 nitrogen and oxygen atoms in total. The summed E-state index contributed by atoms with van der Waals surface area (Å²) in [6, 6.07) is 5.38. The zero-order valence-corrected chi connectivity index (χ0v) is 18.3. The predicted octanol–water partition coefficient (Wildman–Crippen LogP) is 3.17. The first-order valence-electron chi connectivity index (χ1n) is 10.8.